The van der Waals surface area contributed by atoms with Gasteiger partial charge < -0.3 is 24.0 Å². The van der Waals surface area contributed by atoms with Gasteiger partial charge in [0, 0.05) is 31.8 Å². The van der Waals surface area contributed by atoms with Crippen LogP contribution in [-0.4, -0.2) is 83.9 Å². The maximum Gasteiger partial charge on any atom is 0.336 e. The number of rotatable bonds is 19. The fraction of sp³-hybridized carbons (Fsp3) is 1.00. The monoisotopic (exact) mass is 403 g/mol. The molecule has 0 fully saturated rings. The van der Waals surface area contributed by atoms with Crippen molar-refractivity contribution in [1.82, 2.24) is 15.1 Å². The van der Waals surface area contributed by atoms with Gasteiger partial charge in [-0.1, -0.05) is 13.8 Å². The largest absolute Gasteiger partial charge is 0.395 e. The first-order chi connectivity index (χ1) is 12.9. The molecule has 164 valence electrons. The van der Waals surface area contributed by atoms with Gasteiger partial charge in [-0.25, -0.2) is 0 Å². The van der Waals surface area contributed by atoms with E-state index in [4.69, 9.17) is 8.85 Å². The van der Waals surface area contributed by atoms with Crippen molar-refractivity contribution in [2.75, 3.05) is 59.5 Å². The van der Waals surface area contributed by atoms with Crippen molar-refractivity contribution in [2.24, 2.45) is 0 Å². The summed E-state index contributed by atoms with van der Waals surface area (Å²) in [6.07, 6.45) is 4.86. The molecule has 0 amide bonds. The molecule has 0 radical (unpaired) electrons. The molecule has 1 atom stereocenters. The lowest BCUT2D eigenvalue weighted by Gasteiger charge is -2.30. The van der Waals surface area contributed by atoms with Crippen molar-refractivity contribution < 1.29 is 8.85 Å². The van der Waals surface area contributed by atoms with E-state index in [-0.39, 0.29) is 0 Å². The van der Waals surface area contributed by atoms with E-state index >= 15 is 0 Å². The molecule has 0 saturated carbocycles. The van der Waals surface area contributed by atoms with E-state index in [0.717, 1.165) is 38.9 Å². The maximum atomic E-state index is 6.04. The number of hydrogen-bond acceptors (Lipinski definition) is 5. The van der Waals surface area contributed by atoms with Crippen LogP contribution in [0.3, 0.4) is 0 Å². The zero-order valence-electron chi connectivity index (χ0n) is 19.5. The third-order valence-electron chi connectivity index (χ3n) is 5.16. The molecule has 0 spiro atoms. The highest BCUT2D eigenvalue weighted by atomic mass is 28.4. The maximum absolute atomic E-state index is 6.04. The van der Waals surface area contributed by atoms with E-state index in [1.165, 1.54) is 45.3 Å². The van der Waals surface area contributed by atoms with Crippen LogP contribution >= 0.6 is 0 Å². The second-order valence-corrected chi connectivity index (χ2v) is 11.2. The van der Waals surface area contributed by atoms with E-state index in [2.05, 4.69) is 63.3 Å². The van der Waals surface area contributed by atoms with Crippen molar-refractivity contribution in [2.45, 2.75) is 78.9 Å². The molecule has 0 aromatic heterocycles. The average molecular weight is 404 g/mol. The Bertz CT molecular complexity index is 329. The highest BCUT2D eigenvalue weighted by Crippen LogP contribution is 2.15. The van der Waals surface area contributed by atoms with Gasteiger partial charge in [-0.2, -0.15) is 0 Å². The number of hydrogen-bond donors (Lipinski definition) is 1. The van der Waals surface area contributed by atoms with Gasteiger partial charge in [0.25, 0.3) is 0 Å². The molecule has 0 bridgehead atoms. The first-order valence-electron chi connectivity index (χ1n) is 11.3. The van der Waals surface area contributed by atoms with Crippen LogP contribution in [0.2, 0.25) is 12.6 Å². The van der Waals surface area contributed by atoms with E-state index in [1.54, 1.807) is 0 Å². The summed E-state index contributed by atoms with van der Waals surface area (Å²) >= 11 is 0. The second-order valence-electron chi connectivity index (χ2n) is 7.87. The zero-order valence-corrected chi connectivity index (χ0v) is 20.5. The van der Waals surface area contributed by atoms with Gasteiger partial charge in [0.15, 0.2) is 0 Å². The van der Waals surface area contributed by atoms with Crippen molar-refractivity contribution in [3.8, 4) is 0 Å². The quantitative estimate of drug-likeness (QED) is 0.261. The molecule has 27 heavy (non-hydrogen) atoms. The van der Waals surface area contributed by atoms with Crippen LogP contribution in [0.25, 0.3) is 0 Å². The van der Waals surface area contributed by atoms with Gasteiger partial charge >= 0.3 is 8.56 Å². The lowest BCUT2D eigenvalue weighted by atomic mass is 10.2. The number of nitrogens with zero attached hydrogens (tertiary/aromatic N) is 2. The van der Waals surface area contributed by atoms with Crippen LogP contribution in [0, 0.1) is 0 Å². The summed E-state index contributed by atoms with van der Waals surface area (Å²) < 4.78 is 12.1. The Kier molecular flexibility index (Phi) is 16.9. The molecule has 0 aromatic carbocycles. The predicted molar refractivity (Wildman–Crippen MR) is 121 cm³/mol. The minimum atomic E-state index is -2.02. The van der Waals surface area contributed by atoms with Gasteiger partial charge in [0.2, 0.25) is 0 Å². The Balaban J connectivity index is 4.47. The van der Waals surface area contributed by atoms with E-state index in [0.29, 0.717) is 6.04 Å². The van der Waals surface area contributed by atoms with Crippen LogP contribution in [0.1, 0.15) is 60.3 Å². The summed E-state index contributed by atoms with van der Waals surface area (Å²) in [5.41, 5.74) is 0. The number of nitrogens with one attached hydrogen (secondary N) is 1. The minimum Gasteiger partial charge on any atom is -0.395 e. The molecule has 0 aliphatic heterocycles. The smallest absolute Gasteiger partial charge is 0.336 e. The van der Waals surface area contributed by atoms with Gasteiger partial charge in [-0.3, -0.25) is 0 Å². The van der Waals surface area contributed by atoms with Crippen molar-refractivity contribution in [3.63, 3.8) is 0 Å². The van der Waals surface area contributed by atoms with Crippen molar-refractivity contribution in [3.05, 3.63) is 0 Å². The Labute approximate surface area is 171 Å². The third-order valence-corrected chi connectivity index (χ3v) is 8.09. The average Bonchev–Trinajstić information content (AvgIpc) is 2.63. The summed E-state index contributed by atoms with van der Waals surface area (Å²) in [6, 6.07) is 1.67. The molecule has 6 heteroatoms. The third kappa shape index (κ3) is 14.6. The molecule has 0 heterocycles. The SMILES string of the molecule is CCCN(C)CCCN(CCCNC(C)CC)CC[Si](C)(OCC)OCC. The van der Waals surface area contributed by atoms with Crippen LogP contribution in [0.4, 0.5) is 0 Å². The Morgan fingerprint density at radius 2 is 1.52 bits per heavy atom. The Morgan fingerprint density at radius 3 is 2.07 bits per heavy atom. The molecule has 5 nitrogen and oxygen atoms in total. The summed E-state index contributed by atoms with van der Waals surface area (Å²) in [5.74, 6) is 0. The fourth-order valence-corrected chi connectivity index (χ4v) is 5.66. The molecular formula is C21H49N3O2Si. The standard InChI is InChI=1S/C21H49N3O2Si/c1-8-15-23(6)16-13-18-24(17-12-14-22-21(5)9-2)19-20-27(7,25-10-3)26-11-4/h21-22H,8-20H2,1-7H3. The summed E-state index contributed by atoms with van der Waals surface area (Å²) in [6.45, 7) is 21.5. The topological polar surface area (TPSA) is 37.0 Å². The second kappa shape index (κ2) is 16.9. The first-order valence-corrected chi connectivity index (χ1v) is 13.8. The summed E-state index contributed by atoms with van der Waals surface area (Å²) in [7, 11) is 0.209. The molecular weight excluding hydrogens is 354 g/mol. The summed E-state index contributed by atoms with van der Waals surface area (Å²) in [5, 5.41) is 3.62. The molecule has 0 rings (SSSR count). The first kappa shape index (κ1) is 27.0. The lowest BCUT2D eigenvalue weighted by molar-refractivity contribution is 0.179. The Hall–Kier alpha value is 0.0169. The van der Waals surface area contributed by atoms with E-state index in [9.17, 15) is 0 Å². The van der Waals surface area contributed by atoms with Crippen LogP contribution in [-0.2, 0) is 8.85 Å². The normalized spacial score (nSPS) is 13.7. The zero-order chi connectivity index (χ0) is 20.5. The Morgan fingerprint density at radius 1 is 0.889 bits per heavy atom. The minimum absolute atomic E-state index is 0.618. The van der Waals surface area contributed by atoms with Crippen molar-refractivity contribution in [1.29, 1.82) is 0 Å². The molecule has 1 N–H and O–H groups in total. The molecule has 0 aliphatic rings. The van der Waals surface area contributed by atoms with Gasteiger partial charge in [0.1, 0.15) is 0 Å². The molecule has 1 unspecified atom stereocenters. The molecule has 0 saturated heterocycles. The van der Waals surface area contributed by atoms with Gasteiger partial charge in [-0.15, -0.1) is 0 Å². The van der Waals surface area contributed by atoms with Gasteiger partial charge in [0.05, 0.1) is 0 Å². The lowest BCUT2D eigenvalue weighted by Crippen LogP contribution is -2.43. The highest BCUT2D eigenvalue weighted by molar-refractivity contribution is 6.66. The van der Waals surface area contributed by atoms with Crippen LogP contribution in [0.15, 0.2) is 0 Å². The summed E-state index contributed by atoms with van der Waals surface area (Å²) in [4.78, 5) is 5.07. The van der Waals surface area contributed by atoms with Gasteiger partial charge in [-0.05, 0) is 92.8 Å². The fourth-order valence-electron chi connectivity index (χ4n) is 3.35. The van der Waals surface area contributed by atoms with Crippen molar-refractivity contribution >= 4 is 8.56 Å². The van der Waals surface area contributed by atoms with Crippen LogP contribution < -0.4 is 5.32 Å². The van der Waals surface area contributed by atoms with E-state index in [1.807, 2.05) is 0 Å². The predicted octanol–water partition coefficient (Wildman–Crippen LogP) is 3.94. The highest BCUT2D eigenvalue weighted by Gasteiger charge is 2.31. The molecule has 0 aliphatic carbocycles. The van der Waals surface area contributed by atoms with E-state index < -0.39 is 8.56 Å². The molecule has 0 aromatic rings. The van der Waals surface area contributed by atoms with Crippen LogP contribution in [0.5, 0.6) is 0 Å².